The Balaban J connectivity index is 2.39. The SMILES string of the molecule is CC(=O)Nc1cccc(-c2cc(C(N)=O)c(C)[nH]2)c1. The number of nitrogens with two attached hydrogens (primary N) is 1. The fourth-order valence-electron chi connectivity index (χ4n) is 1.94. The van der Waals surface area contributed by atoms with Crippen LogP contribution >= 0.6 is 0 Å². The Kier molecular flexibility index (Phi) is 3.37. The number of hydrogen-bond acceptors (Lipinski definition) is 2. The summed E-state index contributed by atoms with van der Waals surface area (Å²) >= 11 is 0. The maximum atomic E-state index is 11.2. The van der Waals surface area contributed by atoms with Gasteiger partial charge in [-0.3, -0.25) is 9.59 Å². The number of aryl methyl sites for hydroxylation is 1. The van der Waals surface area contributed by atoms with Crippen LogP contribution in [0, 0.1) is 6.92 Å². The van der Waals surface area contributed by atoms with Crippen molar-refractivity contribution in [1.29, 1.82) is 0 Å². The molecule has 0 spiro atoms. The molecule has 5 heteroatoms. The smallest absolute Gasteiger partial charge is 0.250 e. The van der Waals surface area contributed by atoms with E-state index in [1.54, 1.807) is 19.1 Å². The molecule has 0 aliphatic carbocycles. The third kappa shape index (κ3) is 2.82. The summed E-state index contributed by atoms with van der Waals surface area (Å²) in [6.45, 7) is 3.25. The van der Waals surface area contributed by atoms with E-state index in [1.807, 2.05) is 18.2 Å². The summed E-state index contributed by atoms with van der Waals surface area (Å²) in [5.41, 5.74) is 8.86. The largest absolute Gasteiger partial charge is 0.366 e. The van der Waals surface area contributed by atoms with Crippen LogP contribution in [0.15, 0.2) is 30.3 Å². The zero-order chi connectivity index (χ0) is 14.0. The van der Waals surface area contributed by atoms with Crippen molar-refractivity contribution < 1.29 is 9.59 Å². The van der Waals surface area contributed by atoms with Gasteiger partial charge in [-0.2, -0.15) is 0 Å². The van der Waals surface area contributed by atoms with Crippen LogP contribution < -0.4 is 11.1 Å². The first-order chi connectivity index (χ1) is 8.97. The van der Waals surface area contributed by atoms with Crippen molar-refractivity contribution in [2.24, 2.45) is 5.73 Å². The van der Waals surface area contributed by atoms with Crippen molar-refractivity contribution in [2.75, 3.05) is 5.32 Å². The first kappa shape index (κ1) is 12.9. The van der Waals surface area contributed by atoms with Crippen LogP contribution in [0.3, 0.4) is 0 Å². The van der Waals surface area contributed by atoms with Crippen molar-refractivity contribution in [3.63, 3.8) is 0 Å². The molecular weight excluding hydrogens is 242 g/mol. The number of anilines is 1. The molecule has 0 saturated carbocycles. The van der Waals surface area contributed by atoms with Crippen molar-refractivity contribution in [3.8, 4) is 11.3 Å². The number of benzene rings is 1. The maximum absolute atomic E-state index is 11.2. The second-order valence-electron chi connectivity index (χ2n) is 4.35. The third-order valence-corrected chi connectivity index (χ3v) is 2.77. The highest BCUT2D eigenvalue weighted by Gasteiger charge is 2.10. The number of H-pyrrole nitrogens is 1. The van der Waals surface area contributed by atoms with Gasteiger partial charge in [-0.05, 0) is 25.1 Å². The molecule has 1 aromatic carbocycles. The molecule has 1 aromatic heterocycles. The fraction of sp³-hybridized carbons (Fsp3) is 0.143. The van der Waals surface area contributed by atoms with Gasteiger partial charge in [0.2, 0.25) is 5.91 Å². The van der Waals surface area contributed by atoms with Gasteiger partial charge in [-0.25, -0.2) is 0 Å². The van der Waals surface area contributed by atoms with E-state index >= 15 is 0 Å². The Morgan fingerprint density at radius 3 is 2.58 bits per heavy atom. The number of aromatic nitrogens is 1. The first-order valence-corrected chi connectivity index (χ1v) is 5.85. The quantitative estimate of drug-likeness (QED) is 0.785. The molecule has 5 nitrogen and oxygen atoms in total. The molecule has 0 atom stereocenters. The summed E-state index contributed by atoms with van der Waals surface area (Å²) in [5.74, 6) is -0.587. The lowest BCUT2D eigenvalue weighted by Gasteiger charge is -2.04. The van der Waals surface area contributed by atoms with E-state index in [9.17, 15) is 9.59 Å². The summed E-state index contributed by atoms with van der Waals surface area (Å²) < 4.78 is 0. The van der Waals surface area contributed by atoms with Gasteiger partial charge in [0.15, 0.2) is 0 Å². The molecule has 0 radical (unpaired) electrons. The zero-order valence-electron chi connectivity index (χ0n) is 10.8. The molecule has 0 saturated heterocycles. The molecule has 4 N–H and O–H groups in total. The molecule has 0 fully saturated rings. The number of amides is 2. The van der Waals surface area contributed by atoms with Gasteiger partial charge in [0.05, 0.1) is 5.56 Å². The van der Waals surface area contributed by atoms with Gasteiger partial charge in [-0.1, -0.05) is 12.1 Å². The van der Waals surface area contributed by atoms with Crippen LogP contribution in [0.5, 0.6) is 0 Å². The predicted octanol–water partition coefficient (Wildman–Crippen LogP) is 2.05. The number of nitrogens with one attached hydrogen (secondary N) is 2. The molecule has 98 valence electrons. The first-order valence-electron chi connectivity index (χ1n) is 5.85. The lowest BCUT2D eigenvalue weighted by atomic mass is 10.1. The van der Waals surface area contributed by atoms with Gasteiger partial charge in [0, 0.05) is 29.6 Å². The van der Waals surface area contributed by atoms with E-state index in [4.69, 9.17) is 5.73 Å². The molecule has 2 rings (SSSR count). The van der Waals surface area contributed by atoms with E-state index in [0.29, 0.717) is 11.3 Å². The van der Waals surface area contributed by atoms with Crippen LogP contribution in [0.4, 0.5) is 5.69 Å². The summed E-state index contributed by atoms with van der Waals surface area (Å²) in [6, 6.07) is 9.07. The molecule has 2 amide bonds. The van der Waals surface area contributed by atoms with Crippen molar-refractivity contribution in [1.82, 2.24) is 4.98 Å². The van der Waals surface area contributed by atoms with Crippen LogP contribution in [0.2, 0.25) is 0 Å². The predicted molar refractivity (Wildman–Crippen MR) is 73.8 cm³/mol. The molecule has 0 aliphatic rings. The second-order valence-corrected chi connectivity index (χ2v) is 4.35. The van der Waals surface area contributed by atoms with E-state index in [1.165, 1.54) is 6.92 Å². The lowest BCUT2D eigenvalue weighted by Crippen LogP contribution is -2.10. The van der Waals surface area contributed by atoms with E-state index in [2.05, 4.69) is 10.3 Å². The van der Waals surface area contributed by atoms with Gasteiger partial charge >= 0.3 is 0 Å². The Bertz CT molecular complexity index is 644. The highest BCUT2D eigenvalue weighted by molar-refractivity contribution is 5.95. The highest BCUT2D eigenvalue weighted by atomic mass is 16.1. The normalized spacial score (nSPS) is 10.2. The second kappa shape index (κ2) is 4.97. The van der Waals surface area contributed by atoms with Gasteiger partial charge < -0.3 is 16.0 Å². The standard InChI is InChI=1S/C14H15N3O2/c1-8-12(14(15)19)7-13(16-8)10-4-3-5-11(6-10)17-9(2)18/h3-7,16H,1-2H3,(H2,15,19)(H,17,18). The van der Waals surface area contributed by atoms with Crippen LogP contribution in [0.25, 0.3) is 11.3 Å². The van der Waals surface area contributed by atoms with Crippen molar-refractivity contribution >= 4 is 17.5 Å². The summed E-state index contributed by atoms with van der Waals surface area (Å²) in [5, 5.41) is 2.71. The topological polar surface area (TPSA) is 88.0 Å². The van der Waals surface area contributed by atoms with E-state index in [-0.39, 0.29) is 5.91 Å². The average Bonchev–Trinajstić information content (AvgIpc) is 2.71. The monoisotopic (exact) mass is 257 g/mol. The molecule has 0 bridgehead atoms. The van der Waals surface area contributed by atoms with Crippen molar-refractivity contribution in [3.05, 3.63) is 41.6 Å². The zero-order valence-corrected chi connectivity index (χ0v) is 10.8. The average molecular weight is 257 g/mol. The molecular formula is C14H15N3O2. The lowest BCUT2D eigenvalue weighted by molar-refractivity contribution is -0.114. The number of rotatable bonds is 3. The Labute approximate surface area is 110 Å². The fourth-order valence-corrected chi connectivity index (χ4v) is 1.94. The molecule has 19 heavy (non-hydrogen) atoms. The number of aromatic amines is 1. The van der Waals surface area contributed by atoms with Gasteiger partial charge in [0.25, 0.3) is 5.91 Å². The van der Waals surface area contributed by atoms with Gasteiger partial charge in [-0.15, -0.1) is 0 Å². The summed E-state index contributed by atoms with van der Waals surface area (Å²) in [4.78, 5) is 25.4. The molecule has 0 unspecified atom stereocenters. The summed E-state index contributed by atoms with van der Waals surface area (Å²) in [7, 11) is 0. The summed E-state index contributed by atoms with van der Waals surface area (Å²) in [6.07, 6.45) is 0. The van der Waals surface area contributed by atoms with Crippen LogP contribution in [-0.2, 0) is 4.79 Å². The van der Waals surface area contributed by atoms with Crippen LogP contribution in [0.1, 0.15) is 23.0 Å². The molecule has 2 aromatic rings. The Morgan fingerprint density at radius 2 is 2.00 bits per heavy atom. The van der Waals surface area contributed by atoms with Crippen molar-refractivity contribution in [2.45, 2.75) is 13.8 Å². The van der Waals surface area contributed by atoms with E-state index in [0.717, 1.165) is 17.0 Å². The number of primary amides is 1. The van der Waals surface area contributed by atoms with Crippen LogP contribution in [-0.4, -0.2) is 16.8 Å². The minimum absolute atomic E-state index is 0.127. The van der Waals surface area contributed by atoms with E-state index < -0.39 is 5.91 Å². The van der Waals surface area contributed by atoms with Gasteiger partial charge in [0.1, 0.15) is 0 Å². The third-order valence-electron chi connectivity index (χ3n) is 2.77. The minimum atomic E-state index is -0.460. The maximum Gasteiger partial charge on any atom is 0.250 e. The molecule has 1 heterocycles. The highest BCUT2D eigenvalue weighted by Crippen LogP contribution is 2.24. The molecule has 0 aliphatic heterocycles. The number of carbonyl (C=O) groups is 2. The number of carbonyl (C=O) groups excluding carboxylic acids is 2. The number of hydrogen-bond donors (Lipinski definition) is 3. The minimum Gasteiger partial charge on any atom is -0.366 e. The Hall–Kier alpha value is -2.56. The Morgan fingerprint density at radius 1 is 1.26 bits per heavy atom.